The van der Waals surface area contributed by atoms with Crippen LogP contribution in [-0.4, -0.2) is 33.5 Å². The van der Waals surface area contributed by atoms with Gasteiger partial charge in [-0.05, 0) is 64.7 Å². The zero-order valence-corrected chi connectivity index (χ0v) is 16.1. The van der Waals surface area contributed by atoms with E-state index in [4.69, 9.17) is 4.74 Å². The fourth-order valence-electron chi connectivity index (χ4n) is 4.77. The van der Waals surface area contributed by atoms with E-state index in [0.29, 0.717) is 30.8 Å². The number of esters is 1. The van der Waals surface area contributed by atoms with Gasteiger partial charge in [-0.25, -0.2) is 4.79 Å². The lowest BCUT2D eigenvalue weighted by molar-refractivity contribution is -0.163. The molecule has 138 valence electrons. The Morgan fingerprint density at radius 2 is 1.83 bits per heavy atom. The Morgan fingerprint density at radius 1 is 1.21 bits per heavy atom. The van der Waals surface area contributed by atoms with Crippen molar-refractivity contribution in [1.29, 1.82) is 0 Å². The van der Waals surface area contributed by atoms with E-state index in [1.807, 2.05) is 0 Å². The van der Waals surface area contributed by atoms with Crippen LogP contribution < -0.4 is 0 Å². The molecule has 24 heavy (non-hydrogen) atoms. The molecule has 0 heterocycles. The summed E-state index contributed by atoms with van der Waals surface area (Å²) in [4.78, 5) is 12.2. The summed E-state index contributed by atoms with van der Waals surface area (Å²) in [6.07, 6.45) is 4.51. The summed E-state index contributed by atoms with van der Waals surface area (Å²) < 4.78 is 5.69. The minimum Gasteiger partial charge on any atom is -0.456 e. The first-order valence-electron chi connectivity index (χ1n) is 9.25. The van der Waals surface area contributed by atoms with Gasteiger partial charge >= 0.3 is 5.97 Å². The largest absolute Gasteiger partial charge is 0.456 e. The van der Waals surface area contributed by atoms with Gasteiger partial charge in [-0.15, -0.1) is 0 Å². The van der Waals surface area contributed by atoms with Crippen molar-refractivity contribution in [2.75, 3.05) is 0 Å². The zero-order valence-electron chi connectivity index (χ0n) is 16.1. The second-order valence-electron chi connectivity index (χ2n) is 8.80. The highest BCUT2D eigenvalue weighted by Gasteiger charge is 2.61. The number of hydrogen-bond donors (Lipinski definition) is 2. The molecular formula is C20H34O4. The van der Waals surface area contributed by atoms with Crippen LogP contribution in [0.2, 0.25) is 0 Å². The molecule has 4 nitrogen and oxygen atoms in total. The number of ether oxygens (including phenoxy) is 1. The number of carbonyl (C=O) groups is 1. The van der Waals surface area contributed by atoms with E-state index in [1.54, 1.807) is 26.8 Å². The van der Waals surface area contributed by atoms with Crippen LogP contribution >= 0.6 is 0 Å². The normalized spacial score (nSPS) is 43.5. The summed E-state index contributed by atoms with van der Waals surface area (Å²) in [6, 6.07) is 0. The fraction of sp³-hybridized carbons (Fsp3) is 0.850. The van der Waals surface area contributed by atoms with Crippen molar-refractivity contribution >= 4 is 5.97 Å². The lowest BCUT2D eigenvalue weighted by Gasteiger charge is -2.43. The molecule has 0 amide bonds. The molecule has 0 aromatic rings. The molecule has 2 aliphatic carbocycles. The molecule has 2 saturated carbocycles. The monoisotopic (exact) mass is 338 g/mol. The van der Waals surface area contributed by atoms with Gasteiger partial charge in [0, 0.05) is 11.0 Å². The second-order valence-corrected chi connectivity index (χ2v) is 8.80. The van der Waals surface area contributed by atoms with Gasteiger partial charge in [0.15, 0.2) is 0 Å². The molecule has 2 N–H and O–H groups in total. The third-order valence-electron chi connectivity index (χ3n) is 6.82. The molecule has 0 aliphatic heterocycles. The van der Waals surface area contributed by atoms with E-state index in [-0.39, 0.29) is 17.3 Å². The summed E-state index contributed by atoms with van der Waals surface area (Å²) in [5.74, 6) is 0.242. The first-order valence-corrected chi connectivity index (χ1v) is 9.25. The van der Waals surface area contributed by atoms with E-state index in [1.165, 1.54) is 0 Å². The highest BCUT2D eigenvalue weighted by molar-refractivity contribution is 5.87. The quantitative estimate of drug-likeness (QED) is 0.609. The van der Waals surface area contributed by atoms with E-state index in [0.717, 1.165) is 12.8 Å². The third kappa shape index (κ3) is 3.15. The maximum Gasteiger partial charge on any atom is 0.333 e. The number of carbonyl (C=O) groups excluding carboxylic acids is 1. The highest BCUT2D eigenvalue weighted by atomic mass is 16.6. The number of allylic oxidation sites excluding steroid dienone is 1. The fourth-order valence-corrected chi connectivity index (χ4v) is 4.77. The Labute approximate surface area is 146 Å². The number of hydrogen-bond acceptors (Lipinski definition) is 4. The summed E-state index contributed by atoms with van der Waals surface area (Å²) in [5, 5.41) is 22.5. The molecule has 5 atom stereocenters. The van der Waals surface area contributed by atoms with Gasteiger partial charge in [0.25, 0.3) is 0 Å². The first kappa shape index (κ1) is 19.5. The summed E-state index contributed by atoms with van der Waals surface area (Å²) >= 11 is 0. The van der Waals surface area contributed by atoms with Crippen LogP contribution in [0.1, 0.15) is 73.6 Å². The second kappa shape index (κ2) is 6.45. The van der Waals surface area contributed by atoms with Crippen molar-refractivity contribution in [3.05, 3.63) is 11.6 Å². The molecule has 0 saturated heterocycles. The van der Waals surface area contributed by atoms with Crippen molar-refractivity contribution in [1.82, 2.24) is 0 Å². The first-order chi connectivity index (χ1) is 11.0. The minimum absolute atomic E-state index is 0.227. The van der Waals surface area contributed by atoms with Gasteiger partial charge in [0.1, 0.15) is 6.10 Å². The molecule has 0 aromatic heterocycles. The Morgan fingerprint density at radius 3 is 2.38 bits per heavy atom. The van der Waals surface area contributed by atoms with Gasteiger partial charge in [-0.1, -0.05) is 26.8 Å². The average Bonchev–Trinajstić information content (AvgIpc) is 2.72. The molecule has 0 radical (unpaired) electrons. The minimum atomic E-state index is -1.12. The molecule has 0 bridgehead atoms. The number of rotatable bonds is 3. The Bertz CT molecular complexity index is 522. The standard InChI is InChI=1S/C20H34O4/c1-7-14(4)17(21)24-16-12-18(5)9-8-15(13(2)3)20(18,23)11-10-19(16,6)22/h7,13,15-16,22-23H,8-12H2,1-6H3/b14-7-/t15-,16-,18-,19-,20+/m0/s1. The van der Waals surface area contributed by atoms with E-state index >= 15 is 0 Å². The van der Waals surface area contributed by atoms with Crippen molar-refractivity contribution in [2.45, 2.75) is 91.0 Å². The van der Waals surface area contributed by atoms with Gasteiger partial charge in [-0.2, -0.15) is 0 Å². The molecule has 2 rings (SSSR count). The number of fused-ring (bicyclic) bond motifs is 1. The van der Waals surface area contributed by atoms with Crippen LogP contribution in [0.3, 0.4) is 0 Å². The lowest BCUT2D eigenvalue weighted by Crippen LogP contribution is -2.48. The van der Waals surface area contributed by atoms with Crippen LogP contribution in [0.25, 0.3) is 0 Å². The summed E-state index contributed by atoms with van der Waals surface area (Å²) in [5.41, 5.74) is -1.71. The summed E-state index contributed by atoms with van der Waals surface area (Å²) in [6.45, 7) is 11.7. The van der Waals surface area contributed by atoms with Crippen molar-refractivity contribution in [2.24, 2.45) is 17.3 Å². The van der Waals surface area contributed by atoms with Crippen LogP contribution in [-0.2, 0) is 9.53 Å². The van der Waals surface area contributed by atoms with Crippen LogP contribution in [0.4, 0.5) is 0 Å². The molecule has 4 heteroatoms. The van der Waals surface area contributed by atoms with E-state index in [9.17, 15) is 15.0 Å². The molecular weight excluding hydrogens is 304 g/mol. The maximum atomic E-state index is 12.2. The Hall–Kier alpha value is -0.870. The summed E-state index contributed by atoms with van der Waals surface area (Å²) in [7, 11) is 0. The van der Waals surface area contributed by atoms with Gasteiger partial charge in [0.05, 0.1) is 11.2 Å². The lowest BCUT2D eigenvalue weighted by atomic mass is 9.67. The van der Waals surface area contributed by atoms with E-state index in [2.05, 4.69) is 20.8 Å². The highest BCUT2D eigenvalue weighted by Crippen LogP contribution is 2.59. The molecule has 2 aliphatic rings. The van der Waals surface area contributed by atoms with E-state index < -0.39 is 17.3 Å². The van der Waals surface area contributed by atoms with Crippen molar-refractivity contribution in [3.8, 4) is 0 Å². The Kier molecular flexibility index (Phi) is 5.23. The molecule has 0 unspecified atom stereocenters. The predicted molar refractivity (Wildman–Crippen MR) is 94.4 cm³/mol. The predicted octanol–water partition coefficient (Wildman–Crippen LogP) is 3.60. The van der Waals surface area contributed by atoms with Crippen LogP contribution in [0.5, 0.6) is 0 Å². The molecule has 0 aromatic carbocycles. The van der Waals surface area contributed by atoms with Crippen LogP contribution in [0, 0.1) is 17.3 Å². The molecule has 2 fully saturated rings. The van der Waals surface area contributed by atoms with Gasteiger partial charge < -0.3 is 14.9 Å². The Balaban J connectivity index is 2.32. The van der Waals surface area contributed by atoms with Crippen LogP contribution in [0.15, 0.2) is 11.6 Å². The maximum absolute atomic E-state index is 12.2. The van der Waals surface area contributed by atoms with Gasteiger partial charge in [-0.3, -0.25) is 0 Å². The zero-order chi connectivity index (χ0) is 18.3. The average molecular weight is 338 g/mol. The van der Waals surface area contributed by atoms with Gasteiger partial charge in [0.2, 0.25) is 0 Å². The number of aliphatic hydroxyl groups is 2. The van der Waals surface area contributed by atoms with Crippen molar-refractivity contribution in [3.63, 3.8) is 0 Å². The third-order valence-corrected chi connectivity index (χ3v) is 6.82. The smallest absolute Gasteiger partial charge is 0.333 e. The SMILES string of the molecule is C/C=C(/C)C(=O)O[C@H]1C[C@]2(C)CC[C@@H](C(C)C)[C@]2(O)CC[C@]1(C)O. The topological polar surface area (TPSA) is 66.8 Å². The molecule has 0 spiro atoms. The van der Waals surface area contributed by atoms with Crippen molar-refractivity contribution < 1.29 is 19.7 Å².